The van der Waals surface area contributed by atoms with Crippen LogP contribution in [0.15, 0.2) is 28.8 Å². The molecule has 0 radical (unpaired) electrons. The maximum Gasteiger partial charge on any atom is 0.240 e. The zero-order valence-corrected chi connectivity index (χ0v) is 12.6. The Labute approximate surface area is 124 Å². The summed E-state index contributed by atoms with van der Waals surface area (Å²) in [6.45, 7) is 3.20. The minimum atomic E-state index is -0.0370. The lowest BCUT2D eigenvalue weighted by Crippen LogP contribution is -2.41. The Morgan fingerprint density at radius 3 is 3.10 bits per heavy atom. The maximum atomic E-state index is 5.24. The Kier molecular flexibility index (Phi) is 4.03. The molecule has 5 nitrogen and oxygen atoms in total. The molecule has 0 saturated carbocycles. The molecular weight excluding hydrogens is 266 g/mol. The van der Waals surface area contributed by atoms with Crippen molar-refractivity contribution in [2.24, 2.45) is 0 Å². The van der Waals surface area contributed by atoms with Crippen LogP contribution in [0, 0.1) is 0 Å². The summed E-state index contributed by atoms with van der Waals surface area (Å²) in [7, 11) is 1.62. The van der Waals surface area contributed by atoms with Gasteiger partial charge in [-0.15, -0.1) is 0 Å². The predicted molar refractivity (Wildman–Crippen MR) is 78.6 cm³/mol. The van der Waals surface area contributed by atoms with Gasteiger partial charge >= 0.3 is 0 Å². The molecule has 5 heteroatoms. The Morgan fingerprint density at radius 2 is 2.24 bits per heavy atom. The second-order valence-corrected chi connectivity index (χ2v) is 5.73. The highest BCUT2D eigenvalue weighted by molar-refractivity contribution is 5.35. The quantitative estimate of drug-likeness (QED) is 0.915. The van der Waals surface area contributed by atoms with Gasteiger partial charge in [0.1, 0.15) is 6.61 Å². The summed E-state index contributed by atoms with van der Waals surface area (Å²) in [6.07, 6.45) is 3.47. The van der Waals surface area contributed by atoms with Gasteiger partial charge in [0, 0.05) is 12.6 Å². The second kappa shape index (κ2) is 5.95. The number of methoxy groups -OCH3 is 1. The van der Waals surface area contributed by atoms with E-state index < -0.39 is 0 Å². The third-order valence-electron chi connectivity index (χ3n) is 4.15. The largest absolute Gasteiger partial charge is 0.377 e. The molecule has 0 saturated heterocycles. The third kappa shape index (κ3) is 2.99. The van der Waals surface area contributed by atoms with Crippen LogP contribution >= 0.6 is 0 Å². The van der Waals surface area contributed by atoms with Crippen LogP contribution in [0.1, 0.15) is 42.6 Å². The molecular formula is C16H21N3O2. The van der Waals surface area contributed by atoms with Crippen LogP contribution in [-0.2, 0) is 29.8 Å². The van der Waals surface area contributed by atoms with E-state index in [0.717, 1.165) is 12.8 Å². The molecule has 0 fully saturated rings. The summed E-state index contributed by atoms with van der Waals surface area (Å²) < 4.78 is 10.2. The third-order valence-corrected chi connectivity index (χ3v) is 4.15. The zero-order valence-electron chi connectivity index (χ0n) is 12.6. The smallest absolute Gasteiger partial charge is 0.240 e. The van der Waals surface area contributed by atoms with Gasteiger partial charge in [-0.3, -0.25) is 5.32 Å². The molecule has 112 valence electrons. The molecule has 1 N–H and O–H groups in total. The van der Waals surface area contributed by atoms with Crippen molar-refractivity contribution in [2.45, 2.75) is 44.9 Å². The van der Waals surface area contributed by atoms with E-state index in [1.165, 1.54) is 17.5 Å². The van der Waals surface area contributed by atoms with E-state index in [1.807, 2.05) is 0 Å². The van der Waals surface area contributed by atoms with Crippen LogP contribution in [0.2, 0.25) is 0 Å². The number of benzene rings is 1. The summed E-state index contributed by atoms with van der Waals surface area (Å²) in [6, 6.07) is 8.65. The molecule has 1 atom stereocenters. The van der Waals surface area contributed by atoms with Gasteiger partial charge in [0.15, 0.2) is 5.82 Å². The molecule has 2 aromatic rings. The zero-order chi connectivity index (χ0) is 14.7. The molecule has 3 rings (SSSR count). The van der Waals surface area contributed by atoms with Gasteiger partial charge in [0.2, 0.25) is 5.89 Å². The van der Waals surface area contributed by atoms with Crippen molar-refractivity contribution in [3.05, 3.63) is 47.1 Å². The predicted octanol–water partition coefficient (Wildman–Crippen LogP) is 2.56. The Hall–Kier alpha value is -1.72. The molecule has 1 unspecified atom stereocenters. The fraction of sp³-hybridized carbons (Fsp3) is 0.500. The van der Waals surface area contributed by atoms with Crippen molar-refractivity contribution in [1.29, 1.82) is 0 Å². The van der Waals surface area contributed by atoms with Gasteiger partial charge in [-0.1, -0.05) is 29.4 Å². The number of aromatic nitrogens is 2. The summed E-state index contributed by atoms with van der Waals surface area (Å²) in [5, 5.41) is 7.47. The minimum absolute atomic E-state index is 0.0370. The Bertz CT molecular complexity index is 611. The molecule has 0 spiro atoms. The Morgan fingerprint density at radius 1 is 1.38 bits per heavy atom. The van der Waals surface area contributed by atoms with Crippen molar-refractivity contribution in [3.8, 4) is 0 Å². The van der Waals surface area contributed by atoms with Crippen LogP contribution in [0.3, 0.4) is 0 Å². The SMILES string of the molecule is COCc1noc(CNC2(C)CCCc3ccccc32)n1. The first-order valence-electron chi connectivity index (χ1n) is 7.35. The molecule has 1 aliphatic rings. The molecule has 21 heavy (non-hydrogen) atoms. The summed E-state index contributed by atoms with van der Waals surface area (Å²) >= 11 is 0. The van der Waals surface area contributed by atoms with E-state index in [-0.39, 0.29) is 5.54 Å². The normalized spacial score (nSPS) is 21.2. The average Bonchev–Trinajstić information content (AvgIpc) is 2.94. The second-order valence-electron chi connectivity index (χ2n) is 5.73. The average molecular weight is 287 g/mol. The van der Waals surface area contributed by atoms with Gasteiger partial charge < -0.3 is 9.26 Å². The maximum absolute atomic E-state index is 5.24. The van der Waals surface area contributed by atoms with Crippen LogP contribution in [0.25, 0.3) is 0 Å². The molecule has 0 bridgehead atoms. The monoisotopic (exact) mass is 287 g/mol. The van der Waals surface area contributed by atoms with E-state index in [2.05, 4.69) is 46.6 Å². The first-order valence-corrected chi connectivity index (χ1v) is 7.35. The molecule has 0 amide bonds. The van der Waals surface area contributed by atoms with Crippen molar-refractivity contribution in [2.75, 3.05) is 7.11 Å². The van der Waals surface area contributed by atoms with Gasteiger partial charge in [0.05, 0.1) is 6.54 Å². The molecule has 0 aliphatic heterocycles. The number of rotatable bonds is 5. The topological polar surface area (TPSA) is 60.2 Å². The highest BCUT2D eigenvalue weighted by Gasteiger charge is 2.31. The number of nitrogens with zero attached hydrogens (tertiary/aromatic N) is 2. The van der Waals surface area contributed by atoms with Gasteiger partial charge in [-0.05, 0) is 37.3 Å². The van der Waals surface area contributed by atoms with E-state index in [1.54, 1.807) is 7.11 Å². The first-order chi connectivity index (χ1) is 10.2. The lowest BCUT2D eigenvalue weighted by molar-refractivity contribution is 0.174. The highest BCUT2D eigenvalue weighted by Crippen LogP contribution is 2.34. The summed E-state index contributed by atoms with van der Waals surface area (Å²) in [5.41, 5.74) is 2.78. The first kappa shape index (κ1) is 14.2. The van der Waals surface area contributed by atoms with E-state index in [9.17, 15) is 0 Å². The molecule has 1 aliphatic carbocycles. The Balaban J connectivity index is 1.72. The van der Waals surface area contributed by atoms with E-state index in [0.29, 0.717) is 24.9 Å². The van der Waals surface area contributed by atoms with E-state index >= 15 is 0 Å². The lowest BCUT2D eigenvalue weighted by atomic mass is 9.78. The van der Waals surface area contributed by atoms with Gasteiger partial charge in [-0.2, -0.15) is 4.98 Å². The standard InChI is InChI=1S/C16H21N3O2/c1-16(9-5-7-12-6-3-4-8-13(12)16)17-10-15-18-14(11-20-2)19-21-15/h3-4,6,8,17H,5,7,9-11H2,1-2H3. The van der Waals surface area contributed by atoms with E-state index in [4.69, 9.17) is 9.26 Å². The van der Waals surface area contributed by atoms with Crippen LogP contribution in [-0.4, -0.2) is 17.3 Å². The van der Waals surface area contributed by atoms with Crippen molar-refractivity contribution < 1.29 is 9.26 Å². The number of ether oxygens (including phenoxy) is 1. The fourth-order valence-electron chi connectivity index (χ4n) is 3.05. The van der Waals surface area contributed by atoms with Crippen LogP contribution in [0.5, 0.6) is 0 Å². The van der Waals surface area contributed by atoms with Crippen molar-refractivity contribution in [3.63, 3.8) is 0 Å². The number of fused-ring (bicyclic) bond motifs is 1. The molecule has 1 aromatic heterocycles. The highest BCUT2D eigenvalue weighted by atomic mass is 16.5. The molecule has 1 heterocycles. The van der Waals surface area contributed by atoms with Gasteiger partial charge in [0.25, 0.3) is 0 Å². The van der Waals surface area contributed by atoms with Crippen LogP contribution < -0.4 is 5.32 Å². The summed E-state index contributed by atoms with van der Waals surface area (Å²) in [4.78, 5) is 4.31. The number of nitrogens with one attached hydrogen (secondary N) is 1. The molecule has 1 aromatic carbocycles. The fourth-order valence-corrected chi connectivity index (χ4v) is 3.05. The number of aryl methyl sites for hydroxylation is 1. The summed E-state index contributed by atoms with van der Waals surface area (Å²) in [5.74, 6) is 1.19. The lowest BCUT2D eigenvalue weighted by Gasteiger charge is -2.36. The van der Waals surface area contributed by atoms with Crippen molar-refractivity contribution >= 4 is 0 Å². The number of hydrogen-bond donors (Lipinski definition) is 1. The van der Waals surface area contributed by atoms with Crippen LogP contribution in [0.4, 0.5) is 0 Å². The van der Waals surface area contributed by atoms with Crippen molar-refractivity contribution in [1.82, 2.24) is 15.5 Å². The number of hydrogen-bond acceptors (Lipinski definition) is 5. The van der Waals surface area contributed by atoms with Gasteiger partial charge in [-0.25, -0.2) is 0 Å². The minimum Gasteiger partial charge on any atom is -0.377 e.